The molecule has 0 aliphatic rings. The van der Waals surface area contributed by atoms with Gasteiger partial charge in [-0.25, -0.2) is 4.79 Å². The maximum Gasteiger partial charge on any atom is 0.416 e. The Kier molecular flexibility index (Phi) is 3.48. The number of aromatic nitrogens is 1. The molecule has 0 fully saturated rings. The minimum atomic E-state index is -4.45. The van der Waals surface area contributed by atoms with Crippen molar-refractivity contribution in [2.45, 2.75) is 12.6 Å². The second kappa shape index (κ2) is 5.07. The summed E-state index contributed by atoms with van der Waals surface area (Å²) in [5, 5.41) is 3.40. The van der Waals surface area contributed by atoms with Crippen molar-refractivity contribution in [1.29, 1.82) is 0 Å². The predicted molar refractivity (Wildman–Crippen MR) is 58.5 cm³/mol. The van der Waals surface area contributed by atoms with Crippen LogP contribution in [0.1, 0.15) is 16.9 Å². The van der Waals surface area contributed by atoms with Crippen molar-refractivity contribution in [3.8, 4) is 0 Å². The Morgan fingerprint density at radius 3 is 2.74 bits per heavy atom. The van der Waals surface area contributed by atoms with Gasteiger partial charge < -0.3 is 4.52 Å². The van der Waals surface area contributed by atoms with Crippen LogP contribution in [0.15, 0.2) is 40.0 Å². The van der Waals surface area contributed by atoms with Gasteiger partial charge in [0.1, 0.15) is 5.69 Å². The van der Waals surface area contributed by atoms with Crippen LogP contribution >= 0.6 is 0 Å². The zero-order valence-electron chi connectivity index (χ0n) is 9.44. The third-order valence-corrected chi connectivity index (χ3v) is 2.46. The maximum atomic E-state index is 12.8. The normalized spacial score (nSPS) is 11.1. The molecule has 4 nitrogen and oxygen atoms in total. The second-order valence-corrected chi connectivity index (χ2v) is 3.67. The Hall–Kier alpha value is -2.40. The standard InChI is InChI=1S/C12H7F3N2O2/c13-12(14,15)9-4-2-1-3-8(9)5-11-10(16-7-18)6-17-19-11/h1-4,6H,5H2. The number of hydrogen-bond acceptors (Lipinski definition) is 4. The number of nitrogens with zero attached hydrogens (tertiary/aromatic N) is 2. The van der Waals surface area contributed by atoms with Crippen LogP contribution in [0.2, 0.25) is 0 Å². The smallest absolute Gasteiger partial charge is 0.359 e. The highest BCUT2D eigenvalue weighted by Crippen LogP contribution is 2.33. The number of rotatable bonds is 3. The van der Waals surface area contributed by atoms with Crippen LogP contribution in [-0.2, 0) is 17.4 Å². The fraction of sp³-hybridized carbons (Fsp3) is 0.167. The highest BCUT2D eigenvalue weighted by Gasteiger charge is 2.33. The van der Waals surface area contributed by atoms with Crippen molar-refractivity contribution in [3.63, 3.8) is 0 Å². The van der Waals surface area contributed by atoms with E-state index in [9.17, 15) is 18.0 Å². The molecule has 0 spiro atoms. The Balaban J connectivity index is 2.39. The van der Waals surface area contributed by atoms with Crippen LogP contribution in [0, 0.1) is 0 Å². The highest BCUT2D eigenvalue weighted by atomic mass is 19.4. The fourth-order valence-electron chi connectivity index (χ4n) is 1.65. The summed E-state index contributed by atoms with van der Waals surface area (Å²) in [7, 11) is 0. The van der Waals surface area contributed by atoms with Gasteiger partial charge in [-0.3, -0.25) is 0 Å². The summed E-state index contributed by atoms with van der Waals surface area (Å²) in [6.07, 6.45) is -2.17. The molecule has 0 atom stereocenters. The van der Waals surface area contributed by atoms with Gasteiger partial charge in [-0.2, -0.15) is 18.2 Å². The summed E-state index contributed by atoms with van der Waals surface area (Å²) in [6.45, 7) is 0. The molecule has 1 aromatic carbocycles. The largest absolute Gasteiger partial charge is 0.416 e. The van der Waals surface area contributed by atoms with Gasteiger partial charge in [0.05, 0.1) is 11.8 Å². The van der Waals surface area contributed by atoms with E-state index in [4.69, 9.17) is 4.52 Å². The van der Waals surface area contributed by atoms with Crippen LogP contribution in [-0.4, -0.2) is 11.2 Å². The summed E-state index contributed by atoms with van der Waals surface area (Å²) in [5.74, 6) is 0.0834. The third kappa shape index (κ3) is 2.89. The van der Waals surface area contributed by atoms with Gasteiger partial charge in [0.2, 0.25) is 6.08 Å². The lowest BCUT2D eigenvalue weighted by atomic mass is 10.0. The molecular formula is C12H7F3N2O2. The van der Waals surface area contributed by atoms with E-state index < -0.39 is 11.7 Å². The molecule has 0 N–H and O–H groups in total. The third-order valence-electron chi connectivity index (χ3n) is 2.46. The van der Waals surface area contributed by atoms with Crippen molar-refractivity contribution >= 4 is 11.8 Å². The molecule has 0 aliphatic heterocycles. The molecule has 0 amide bonds. The number of hydrogen-bond donors (Lipinski definition) is 0. The molecule has 0 aliphatic carbocycles. The van der Waals surface area contributed by atoms with Crippen molar-refractivity contribution in [2.75, 3.05) is 0 Å². The molecule has 98 valence electrons. The van der Waals surface area contributed by atoms with Crippen molar-refractivity contribution in [1.82, 2.24) is 5.16 Å². The van der Waals surface area contributed by atoms with Crippen LogP contribution in [0.25, 0.3) is 0 Å². The SMILES string of the molecule is O=C=Nc1cnoc1Cc1ccccc1C(F)(F)F. The topological polar surface area (TPSA) is 55.5 Å². The summed E-state index contributed by atoms with van der Waals surface area (Å²) in [5.41, 5.74) is -0.659. The number of halogens is 3. The number of carbonyl (C=O) groups excluding carboxylic acids is 1. The van der Waals surface area contributed by atoms with Gasteiger partial charge in [-0.15, -0.1) is 0 Å². The van der Waals surface area contributed by atoms with E-state index in [0.717, 1.165) is 12.3 Å². The van der Waals surface area contributed by atoms with Crippen LogP contribution in [0.5, 0.6) is 0 Å². The van der Waals surface area contributed by atoms with Gasteiger partial charge >= 0.3 is 6.18 Å². The van der Waals surface area contributed by atoms with E-state index in [0.29, 0.717) is 0 Å². The Labute approximate surface area is 105 Å². The monoisotopic (exact) mass is 268 g/mol. The molecule has 0 unspecified atom stereocenters. The summed E-state index contributed by atoms with van der Waals surface area (Å²) in [6, 6.07) is 5.11. The summed E-state index contributed by atoms with van der Waals surface area (Å²) < 4.78 is 43.2. The van der Waals surface area contributed by atoms with Crippen LogP contribution in [0.3, 0.4) is 0 Å². The number of isocyanates is 1. The first kappa shape index (κ1) is 13.0. The molecule has 2 rings (SSSR count). The van der Waals surface area contributed by atoms with Gasteiger partial charge in [0.25, 0.3) is 0 Å². The van der Waals surface area contributed by atoms with E-state index in [1.807, 2.05) is 0 Å². The molecule has 2 aromatic rings. The molecule has 0 bridgehead atoms. The van der Waals surface area contributed by atoms with E-state index in [1.165, 1.54) is 24.3 Å². The molecule has 0 saturated carbocycles. The van der Waals surface area contributed by atoms with Crippen molar-refractivity contribution in [3.05, 3.63) is 47.3 Å². The lowest BCUT2D eigenvalue weighted by Gasteiger charge is -2.11. The maximum absolute atomic E-state index is 12.8. The number of aliphatic imine (C=N–C) groups is 1. The fourth-order valence-corrected chi connectivity index (χ4v) is 1.65. The van der Waals surface area contributed by atoms with E-state index in [-0.39, 0.29) is 23.4 Å². The molecule has 0 radical (unpaired) electrons. The minimum absolute atomic E-state index is 0.0223. The molecule has 0 saturated heterocycles. The van der Waals surface area contributed by atoms with Gasteiger partial charge in [0.15, 0.2) is 5.76 Å². The average molecular weight is 268 g/mol. The second-order valence-electron chi connectivity index (χ2n) is 3.67. The first-order valence-corrected chi connectivity index (χ1v) is 5.19. The van der Waals surface area contributed by atoms with Crippen LogP contribution in [0.4, 0.5) is 18.9 Å². The number of benzene rings is 1. The highest BCUT2D eigenvalue weighted by molar-refractivity contribution is 5.50. The van der Waals surface area contributed by atoms with Gasteiger partial charge in [0, 0.05) is 6.42 Å². The van der Waals surface area contributed by atoms with Gasteiger partial charge in [-0.05, 0) is 11.6 Å². The molecular weight excluding hydrogens is 261 g/mol. The molecule has 19 heavy (non-hydrogen) atoms. The Morgan fingerprint density at radius 1 is 1.32 bits per heavy atom. The zero-order valence-corrected chi connectivity index (χ0v) is 9.44. The van der Waals surface area contributed by atoms with E-state index in [2.05, 4.69) is 10.1 Å². The minimum Gasteiger partial charge on any atom is -0.359 e. The Bertz CT molecular complexity index is 628. The zero-order chi connectivity index (χ0) is 13.9. The summed E-state index contributed by atoms with van der Waals surface area (Å²) >= 11 is 0. The molecule has 1 aromatic heterocycles. The predicted octanol–water partition coefficient (Wildman–Crippen LogP) is 3.25. The molecule has 7 heteroatoms. The van der Waals surface area contributed by atoms with Crippen LogP contribution < -0.4 is 0 Å². The number of alkyl halides is 3. The average Bonchev–Trinajstić information content (AvgIpc) is 2.77. The Morgan fingerprint density at radius 2 is 2.05 bits per heavy atom. The van der Waals surface area contributed by atoms with Crippen molar-refractivity contribution in [2.24, 2.45) is 4.99 Å². The molecule has 1 heterocycles. The van der Waals surface area contributed by atoms with E-state index >= 15 is 0 Å². The van der Waals surface area contributed by atoms with E-state index in [1.54, 1.807) is 0 Å². The quantitative estimate of drug-likeness (QED) is 0.634. The first-order valence-electron chi connectivity index (χ1n) is 5.19. The lowest BCUT2D eigenvalue weighted by Crippen LogP contribution is -2.09. The van der Waals surface area contributed by atoms with Gasteiger partial charge in [-0.1, -0.05) is 23.4 Å². The first-order chi connectivity index (χ1) is 9.02. The summed E-state index contributed by atoms with van der Waals surface area (Å²) in [4.78, 5) is 13.5. The lowest BCUT2D eigenvalue weighted by molar-refractivity contribution is -0.138. The van der Waals surface area contributed by atoms with Crippen molar-refractivity contribution < 1.29 is 22.5 Å².